The van der Waals surface area contributed by atoms with E-state index in [1.165, 1.54) is 0 Å². The van der Waals surface area contributed by atoms with E-state index < -0.39 is 0 Å². The second-order valence-electron chi connectivity index (χ2n) is 4.91. The zero-order valence-corrected chi connectivity index (χ0v) is 9.86. The molecule has 1 fully saturated rings. The van der Waals surface area contributed by atoms with Crippen molar-refractivity contribution in [2.45, 2.75) is 33.6 Å². The SMILES string of the molecule is CC(C)CN(CCC#N)C(=O)C1CC1C. The summed E-state index contributed by atoms with van der Waals surface area (Å²) in [6.45, 7) is 7.69. The first-order valence-corrected chi connectivity index (χ1v) is 5.72. The van der Waals surface area contributed by atoms with Crippen LogP contribution in [-0.2, 0) is 4.79 Å². The number of nitriles is 1. The molecular weight excluding hydrogens is 188 g/mol. The minimum absolute atomic E-state index is 0.238. The van der Waals surface area contributed by atoms with Crippen LogP contribution in [-0.4, -0.2) is 23.9 Å². The summed E-state index contributed by atoms with van der Waals surface area (Å²) in [6.07, 6.45) is 1.47. The van der Waals surface area contributed by atoms with E-state index in [0.29, 0.717) is 24.8 Å². The molecule has 3 heteroatoms. The van der Waals surface area contributed by atoms with Crippen LogP contribution >= 0.6 is 0 Å². The summed E-state index contributed by atoms with van der Waals surface area (Å²) in [5.41, 5.74) is 0. The molecule has 1 saturated carbocycles. The fourth-order valence-electron chi connectivity index (χ4n) is 1.82. The van der Waals surface area contributed by atoms with Gasteiger partial charge in [-0.05, 0) is 18.3 Å². The Bertz CT molecular complexity index is 267. The number of rotatable bonds is 5. The standard InChI is InChI=1S/C12H20N2O/c1-9(2)8-14(6-4-5-13)12(15)11-7-10(11)3/h9-11H,4,6-8H2,1-3H3. The van der Waals surface area contributed by atoms with Crippen LogP contribution in [0.15, 0.2) is 0 Å². The molecule has 0 heterocycles. The third-order valence-electron chi connectivity index (χ3n) is 2.82. The van der Waals surface area contributed by atoms with Crippen LogP contribution in [0, 0.1) is 29.1 Å². The van der Waals surface area contributed by atoms with E-state index in [1.54, 1.807) is 0 Å². The Labute approximate surface area is 92.1 Å². The van der Waals surface area contributed by atoms with Gasteiger partial charge in [-0.1, -0.05) is 20.8 Å². The Morgan fingerprint density at radius 2 is 2.20 bits per heavy atom. The van der Waals surface area contributed by atoms with Gasteiger partial charge in [0, 0.05) is 19.0 Å². The highest BCUT2D eigenvalue weighted by atomic mass is 16.2. The minimum atomic E-state index is 0.238. The van der Waals surface area contributed by atoms with Gasteiger partial charge in [-0.3, -0.25) is 4.79 Å². The quantitative estimate of drug-likeness (QED) is 0.694. The van der Waals surface area contributed by atoms with Gasteiger partial charge < -0.3 is 4.90 Å². The van der Waals surface area contributed by atoms with Crippen molar-refractivity contribution < 1.29 is 4.79 Å². The first kappa shape index (κ1) is 12.0. The Hall–Kier alpha value is -1.04. The van der Waals surface area contributed by atoms with Crippen molar-refractivity contribution in [2.75, 3.05) is 13.1 Å². The number of hydrogen-bond acceptors (Lipinski definition) is 2. The lowest BCUT2D eigenvalue weighted by molar-refractivity contribution is -0.133. The molecule has 2 unspecified atom stereocenters. The molecule has 0 aliphatic heterocycles. The van der Waals surface area contributed by atoms with E-state index in [-0.39, 0.29) is 11.8 Å². The molecule has 0 spiro atoms. The molecule has 1 aliphatic rings. The fourth-order valence-corrected chi connectivity index (χ4v) is 1.82. The van der Waals surface area contributed by atoms with Crippen LogP contribution in [0.3, 0.4) is 0 Å². The smallest absolute Gasteiger partial charge is 0.226 e. The normalized spacial score (nSPS) is 23.7. The second kappa shape index (κ2) is 5.16. The van der Waals surface area contributed by atoms with Gasteiger partial charge in [0.2, 0.25) is 5.91 Å². The highest BCUT2D eigenvalue weighted by molar-refractivity contribution is 5.81. The van der Waals surface area contributed by atoms with Crippen LogP contribution in [0.4, 0.5) is 0 Å². The third kappa shape index (κ3) is 3.54. The molecule has 2 atom stereocenters. The maximum absolute atomic E-state index is 12.0. The zero-order chi connectivity index (χ0) is 11.4. The number of carbonyl (C=O) groups excluding carboxylic acids is 1. The Morgan fingerprint density at radius 1 is 1.60 bits per heavy atom. The minimum Gasteiger partial charge on any atom is -0.341 e. The van der Waals surface area contributed by atoms with Crippen molar-refractivity contribution in [1.29, 1.82) is 5.26 Å². The van der Waals surface area contributed by atoms with E-state index in [0.717, 1.165) is 13.0 Å². The van der Waals surface area contributed by atoms with Gasteiger partial charge in [-0.2, -0.15) is 5.26 Å². The summed E-state index contributed by atoms with van der Waals surface area (Å²) in [7, 11) is 0. The molecule has 84 valence electrons. The summed E-state index contributed by atoms with van der Waals surface area (Å²) in [5, 5.41) is 8.55. The van der Waals surface area contributed by atoms with E-state index in [2.05, 4.69) is 26.8 Å². The van der Waals surface area contributed by atoms with Gasteiger partial charge in [-0.15, -0.1) is 0 Å². The van der Waals surface area contributed by atoms with Crippen molar-refractivity contribution >= 4 is 5.91 Å². The van der Waals surface area contributed by atoms with Gasteiger partial charge in [-0.25, -0.2) is 0 Å². The number of carbonyl (C=O) groups is 1. The van der Waals surface area contributed by atoms with Crippen LogP contribution in [0.2, 0.25) is 0 Å². The summed E-state index contributed by atoms with van der Waals surface area (Å²) < 4.78 is 0. The van der Waals surface area contributed by atoms with Crippen LogP contribution in [0.5, 0.6) is 0 Å². The van der Waals surface area contributed by atoms with Gasteiger partial charge in [0.25, 0.3) is 0 Å². The first-order valence-electron chi connectivity index (χ1n) is 5.72. The van der Waals surface area contributed by atoms with E-state index >= 15 is 0 Å². The van der Waals surface area contributed by atoms with Crippen LogP contribution < -0.4 is 0 Å². The summed E-state index contributed by atoms with van der Waals surface area (Å²) in [4.78, 5) is 13.8. The summed E-state index contributed by atoms with van der Waals surface area (Å²) in [5.74, 6) is 1.52. The van der Waals surface area contributed by atoms with E-state index in [4.69, 9.17) is 5.26 Å². The molecule has 1 amide bonds. The fraction of sp³-hybridized carbons (Fsp3) is 0.833. The molecule has 0 aromatic carbocycles. The average molecular weight is 208 g/mol. The monoisotopic (exact) mass is 208 g/mol. The molecule has 15 heavy (non-hydrogen) atoms. The third-order valence-corrected chi connectivity index (χ3v) is 2.82. The zero-order valence-electron chi connectivity index (χ0n) is 9.86. The van der Waals surface area contributed by atoms with Gasteiger partial charge >= 0.3 is 0 Å². The molecule has 3 nitrogen and oxygen atoms in total. The van der Waals surface area contributed by atoms with E-state index in [1.807, 2.05) is 4.90 Å². The predicted octanol–water partition coefficient (Wildman–Crippen LogP) is 2.04. The molecule has 0 N–H and O–H groups in total. The van der Waals surface area contributed by atoms with Crippen LogP contribution in [0.25, 0.3) is 0 Å². The molecule has 0 saturated heterocycles. The van der Waals surface area contributed by atoms with Crippen molar-refractivity contribution in [3.05, 3.63) is 0 Å². The largest absolute Gasteiger partial charge is 0.341 e. The highest BCUT2D eigenvalue weighted by Crippen LogP contribution is 2.39. The Kier molecular flexibility index (Phi) is 4.14. The Balaban J connectivity index is 2.47. The van der Waals surface area contributed by atoms with Crippen molar-refractivity contribution in [1.82, 2.24) is 4.90 Å². The van der Waals surface area contributed by atoms with Crippen molar-refractivity contribution in [3.63, 3.8) is 0 Å². The summed E-state index contributed by atoms with van der Waals surface area (Å²) in [6, 6.07) is 2.10. The maximum atomic E-state index is 12.0. The topological polar surface area (TPSA) is 44.1 Å². The van der Waals surface area contributed by atoms with E-state index in [9.17, 15) is 4.79 Å². The molecule has 0 aromatic rings. The molecule has 0 aromatic heterocycles. The molecule has 0 radical (unpaired) electrons. The number of amides is 1. The molecule has 1 aliphatic carbocycles. The lowest BCUT2D eigenvalue weighted by Crippen LogP contribution is -2.36. The lowest BCUT2D eigenvalue weighted by atomic mass is 10.2. The molecule has 0 bridgehead atoms. The molecule has 1 rings (SSSR count). The Morgan fingerprint density at radius 3 is 2.60 bits per heavy atom. The maximum Gasteiger partial charge on any atom is 0.226 e. The lowest BCUT2D eigenvalue weighted by Gasteiger charge is -2.23. The molecular formula is C12H20N2O. The van der Waals surface area contributed by atoms with Crippen molar-refractivity contribution in [2.24, 2.45) is 17.8 Å². The predicted molar refractivity (Wildman–Crippen MR) is 58.9 cm³/mol. The first-order chi connectivity index (χ1) is 7.06. The van der Waals surface area contributed by atoms with Gasteiger partial charge in [0.15, 0.2) is 0 Å². The number of nitrogens with zero attached hydrogens (tertiary/aromatic N) is 2. The summed E-state index contributed by atoms with van der Waals surface area (Å²) >= 11 is 0. The van der Waals surface area contributed by atoms with Crippen molar-refractivity contribution in [3.8, 4) is 6.07 Å². The number of hydrogen-bond donors (Lipinski definition) is 0. The second-order valence-corrected chi connectivity index (χ2v) is 4.91. The van der Waals surface area contributed by atoms with Gasteiger partial charge in [0.05, 0.1) is 12.5 Å². The average Bonchev–Trinajstić information content (AvgIpc) is 2.88. The van der Waals surface area contributed by atoms with Gasteiger partial charge in [0.1, 0.15) is 0 Å². The van der Waals surface area contributed by atoms with Crippen LogP contribution in [0.1, 0.15) is 33.6 Å². The highest BCUT2D eigenvalue weighted by Gasteiger charge is 2.41.